The van der Waals surface area contributed by atoms with E-state index in [9.17, 15) is 9.59 Å². The van der Waals surface area contributed by atoms with Gasteiger partial charge in [-0.1, -0.05) is 35.5 Å². The van der Waals surface area contributed by atoms with Gasteiger partial charge < -0.3 is 19.8 Å². The number of likely N-dealkylation sites (tertiary alicyclic amines) is 1. The van der Waals surface area contributed by atoms with Crippen molar-refractivity contribution in [1.82, 2.24) is 20.4 Å². The number of piperidine rings is 1. The summed E-state index contributed by atoms with van der Waals surface area (Å²) in [7, 11) is 0. The molecule has 2 N–H and O–H groups in total. The second kappa shape index (κ2) is 9.17. The first-order chi connectivity index (χ1) is 17.5. The van der Waals surface area contributed by atoms with Crippen LogP contribution in [0.15, 0.2) is 59.1 Å². The van der Waals surface area contributed by atoms with E-state index >= 15 is 0 Å². The van der Waals surface area contributed by atoms with Crippen LogP contribution in [-0.2, 0) is 5.41 Å². The number of carboxylic acids is 1. The Bertz CT molecular complexity index is 1240. The Balaban J connectivity index is 1.02. The smallest absolute Gasteiger partial charge is 0.335 e. The quantitative estimate of drug-likeness (QED) is 0.496. The third-order valence-electron chi connectivity index (χ3n) is 8.00. The van der Waals surface area contributed by atoms with Crippen LogP contribution in [0.25, 0.3) is 0 Å². The number of nitrogens with zero attached hydrogens (tertiary/aromatic N) is 3. The highest BCUT2D eigenvalue weighted by atomic mass is 16.5. The number of amides is 1. The second-order valence-corrected chi connectivity index (χ2v) is 10.4. The predicted octanol–water partition coefficient (Wildman–Crippen LogP) is 3.96. The maximum absolute atomic E-state index is 12.8. The van der Waals surface area contributed by atoms with Gasteiger partial charge in [-0.05, 0) is 61.9 Å². The molecule has 0 spiro atoms. The third kappa shape index (κ3) is 4.53. The largest absolute Gasteiger partial charge is 0.478 e. The van der Waals surface area contributed by atoms with Crippen molar-refractivity contribution >= 4 is 11.9 Å². The summed E-state index contributed by atoms with van der Waals surface area (Å²) in [6, 6.07) is 17.3. The predicted molar refractivity (Wildman–Crippen MR) is 132 cm³/mol. The molecule has 3 aromatic rings. The molecule has 8 nitrogen and oxygen atoms in total. The zero-order chi connectivity index (χ0) is 24.7. The summed E-state index contributed by atoms with van der Waals surface area (Å²) >= 11 is 0. The minimum Gasteiger partial charge on any atom is -0.478 e. The molecular weight excluding hydrogens is 456 g/mol. The maximum Gasteiger partial charge on any atom is 0.335 e. The Morgan fingerprint density at radius 2 is 1.72 bits per heavy atom. The number of carbonyl (C=O) groups excluding carboxylic acids is 1. The highest BCUT2D eigenvalue weighted by Gasteiger charge is 2.50. The van der Waals surface area contributed by atoms with Crippen molar-refractivity contribution in [3.05, 3.63) is 83.0 Å². The lowest BCUT2D eigenvalue weighted by Crippen LogP contribution is -2.38. The Kier molecular flexibility index (Phi) is 5.84. The summed E-state index contributed by atoms with van der Waals surface area (Å²) in [6.45, 7) is 2.10. The van der Waals surface area contributed by atoms with Crippen LogP contribution in [0, 0.1) is 0 Å². The molecular formula is C28H30N4O4. The SMILES string of the molecule is O=C(O)c1ccc(C(=O)N2CCC(c3nc(C4(CN[C@H]5CC5c5ccccc5)CC4)no3)CC2)cc1. The van der Waals surface area contributed by atoms with E-state index in [1.54, 1.807) is 12.1 Å². The molecule has 1 unspecified atom stereocenters. The fraction of sp³-hybridized carbons (Fsp3) is 0.429. The number of nitrogens with one attached hydrogen (secondary N) is 1. The molecule has 6 rings (SSSR count). The molecule has 1 amide bonds. The van der Waals surface area contributed by atoms with Gasteiger partial charge in [0.15, 0.2) is 5.82 Å². The number of hydrogen-bond donors (Lipinski definition) is 2. The molecule has 2 atom stereocenters. The van der Waals surface area contributed by atoms with Crippen molar-refractivity contribution < 1.29 is 19.2 Å². The number of carboxylic acid groups (broad SMARTS) is 1. The molecule has 3 aliphatic rings. The van der Waals surface area contributed by atoms with Crippen molar-refractivity contribution in [2.75, 3.05) is 19.6 Å². The summed E-state index contributed by atoms with van der Waals surface area (Å²) in [5.74, 6) is 1.18. The number of benzene rings is 2. The second-order valence-electron chi connectivity index (χ2n) is 10.4. The lowest BCUT2D eigenvalue weighted by molar-refractivity contribution is 0.0687. The minimum atomic E-state index is -0.999. The van der Waals surface area contributed by atoms with Crippen LogP contribution in [0.4, 0.5) is 0 Å². The van der Waals surface area contributed by atoms with Crippen molar-refractivity contribution in [3.63, 3.8) is 0 Å². The van der Waals surface area contributed by atoms with E-state index in [-0.39, 0.29) is 22.8 Å². The molecule has 1 aliphatic heterocycles. The lowest BCUT2D eigenvalue weighted by atomic mass is 9.96. The minimum absolute atomic E-state index is 0.00956. The van der Waals surface area contributed by atoms with Gasteiger partial charge in [-0.15, -0.1) is 0 Å². The molecule has 36 heavy (non-hydrogen) atoms. The van der Waals surface area contributed by atoms with E-state index in [2.05, 4.69) is 40.8 Å². The number of carbonyl (C=O) groups is 2. The van der Waals surface area contributed by atoms with Gasteiger partial charge in [0.2, 0.25) is 5.89 Å². The van der Waals surface area contributed by atoms with Gasteiger partial charge in [-0.2, -0.15) is 4.98 Å². The van der Waals surface area contributed by atoms with Crippen LogP contribution >= 0.6 is 0 Å². The Morgan fingerprint density at radius 1 is 1.03 bits per heavy atom. The van der Waals surface area contributed by atoms with Crippen molar-refractivity contribution in [2.45, 2.75) is 55.4 Å². The molecule has 2 aliphatic carbocycles. The van der Waals surface area contributed by atoms with Gasteiger partial charge >= 0.3 is 5.97 Å². The number of aromatic nitrogens is 2. The van der Waals surface area contributed by atoms with E-state index in [1.807, 2.05) is 4.90 Å². The lowest BCUT2D eigenvalue weighted by Gasteiger charge is -2.30. The number of hydrogen-bond acceptors (Lipinski definition) is 6. The Morgan fingerprint density at radius 3 is 2.39 bits per heavy atom. The highest BCUT2D eigenvalue weighted by molar-refractivity contribution is 5.96. The molecule has 1 saturated heterocycles. The van der Waals surface area contributed by atoms with Gasteiger partial charge in [0.05, 0.1) is 5.56 Å². The molecule has 2 aromatic carbocycles. The van der Waals surface area contributed by atoms with Crippen LogP contribution < -0.4 is 5.32 Å². The highest BCUT2D eigenvalue weighted by Crippen LogP contribution is 2.48. The Labute approximate surface area is 209 Å². The van der Waals surface area contributed by atoms with E-state index in [1.165, 1.54) is 24.1 Å². The van der Waals surface area contributed by atoms with Gasteiger partial charge in [-0.3, -0.25) is 4.79 Å². The molecule has 0 radical (unpaired) electrons. The first-order valence-corrected chi connectivity index (χ1v) is 12.8. The number of aromatic carboxylic acids is 1. The van der Waals surface area contributed by atoms with Crippen LogP contribution in [0.5, 0.6) is 0 Å². The van der Waals surface area contributed by atoms with Gasteiger partial charge in [-0.25, -0.2) is 4.79 Å². The topological polar surface area (TPSA) is 109 Å². The molecule has 1 aromatic heterocycles. The molecule has 2 heterocycles. The standard InChI is InChI=1S/C28H30N4O4/c33-25(20-6-8-21(9-7-20)26(34)35)32-14-10-19(11-15-32)24-30-27(31-36-24)28(12-13-28)17-29-23-16-22(23)18-4-2-1-3-5-18/h1-9,19,22-23,29H,10-17H2,(H,34,35)/t22?,23-/m0/s1. The summed E-state index contributed by atoms with van der Waals surface area (Å²) in [5, 5.41) is 17.2. The third-order valence-corrected chi connectivity index (χ3v) is 8.00. The molecule has 8 heteroatoms. The summed E-state index contributed by atoms with van der Waals surface area (Å²) < 4.78 is 5.71. The van der Waals surface area contributed by atoms with Crippen LogP contribution in [0.3, 0.4) is 0 Å². The summed E-state index contributed by atoms with van der Waals surface area (Å²) in [5.41, 5.74) is 2.08. The fourth-order valence-corrected chi connectivity index (χ4v) is 5.33. The molecule has 3 fully saturated rings. The first-order valence-electron chi connectivity index (χ1n) is 12.8. The molecule has 0 bridgehead atoms. The van der Waals surface area contributed by atoms with Gasteiger partial charge in [0, 0.05) is 48.5 Å². The van der Waals surface area contributed by atoms with Crippen molar-refractivity contribution in [3.8, 4) is 0 Å². The van der Waals surface area contributed by atoms with Crippen molar-refractivity contribution in [1.29, 1.82) is 0 Å². The van der Waals surface area contributed by atoms with Crippen LogP contribution in [0.2, 0.25) is 0 Å². The van der Waals surface area contributed by atoms with Gasteiger partial charge in [0.25, 0.3) is 5.91 Å². The molecule has 2 saturated carbocycles. The van der Waals surface area contributed by atoms with E-state index in [0.717, 1.165) is 38.1 Å². The zero-order valence-electron chi connectivity index (χ0n) is 20.1. The molecule has 186 valence electrons. The van der Waals surface area contributed by atoms with E-state index < -0.39 is 5.97 Å². The van der Waals surface area contributed by atoms with Gasteiger partial charge in [0.1, 0.15) is 0 Å². The normalized spacial score (nSPS) is 22.8. The van der Waals surface area contributed by atoms with E-state index in [0.29, 0.717) is 36.5 Å². The average molecular weight is 487 g/mol. The van der Waals surface area contributed by atoms with Crippen LogP contribution in [0.1, 0.15) is 81.9 Å². The zero-order valence-corrected chi connectivity index (χ0v) is 20.1. The average Bonchev–Trinajstić information content (AvgIpc) is 3.84. The van der Waals surface area contributed by atoms with Crippen molar-refractivity contribution in [2.24, 2.45) is 0 Å². The van der Waals surface area contributed by atoms with Crippen LogP contribution in [-0.4, -0.2) is 57.7 Å². The first kappa shape index (κ1) is 22.9. The summed E-state index contributed by atoms with van der Waals surface area (Å²) in [6.07, 6.45) is 4.88. The fourth-order valence-electron chi connectivity index (χ4n) is 5.33. The maximum atomic E-state index is 12.8. The summed E-state index contributed by atoms with van der Waals surface area (Å²) in [4.78, 5) is 30.5. The Hall–Kier alpha value is -3.52. The van der Waals surface area contributed by atoms with E-state index in [4.69, 9.17) is 14.6 Å². The monoisotopic (exact) mass is 486 g/mol. The number of rotatable bonds is 8.